The molecule has 19 heavy (non-hydrogen) atoms. The molecule has 0 radical (unpaired) electrons. The van der Waals surface area contributed by atoms with Gasteiger partial charge in [0.15, 0.2) is 11.4 Å². The van der Waals surface area contributed by atoms with Crippen molar-refractivity contribution in [3.05, 3.63) is 24.0 Å². The molecule has 2 fully saturated rings. The van der Waals surface area contributed by atoms with Crippen molar-refractivity contribution in [1.82, 2.24) is 4.98 Å². The maximum atomic E-state index is 11.1. The normalized spacial score (nSPS) is 24.7. The Hall–Kier alpha value is -1.58. The third kappa shape index (κ3) is 2.20. The zero-order valence-corrected chi connectivity index (χ0v) is 11.0. The van der Waals surface area contributed by atoms with Crippen molar-refractivity contribution in [3.63, 3.8) is 0 Å². The Labute approximate surface area is 112 Å². The number of carbonyl (C=O) groups is 1. The number of ether oxygens (including phenoxy) is 1. The molecule has 1 N–H and O–H groups in total. The Morgan fingerprint density at radius 3 is 2.74 bits per heavy atom. The lowest BCUT2D eigenvalue weighted by atomic mass is 9.58. The molecule has 1 atom stereocenters. The molecule has 3 rings (SSSR count). The first kappa shape index (κ1) is 12.5. The molecule has 4 nitrogen and oxygen atoms in total. The molecule has 2 aliphatic carbocycles. The topological polar surface area (TPSA) is 59.4 Å². The van der Waals surface area contributed by atoms with E-state index in [2.05, 4.69) is 4.98 Å². The number of aromatic carboxylic acids is 1. The molecule has 1 aromatic rings. The van der Waals surface area contributed by atoms with Crippen LogP contribution in [0.2, 0.25) is 0 Å². The van der Waals surface area contributed by atoms with E-state index in [1.807, 2.05) is 0 Å². The third-order valence-corrected chi connectivity index (χ3v) is 4.68. The van der Waals surface area contributed by atoms with Crippen LogP contribution in [0.25, 0.3) is 0 Å². The molecule has 4 heteroatoms. The number of aromatic nitrogens is 1. The average molecular weight is 261 g/mol. The minimum atomic E-state index is -1.02. The average Bonchev–Trinajstić information content (AvgIpc) is 2.45. The summed E-state index contributed by atoms with van der Waals surface area (Å²) >= 11 is 0. The molecule has 0 saturated heterocycles. The zero-order chi connectivity index (χ0) is 13.3. The summed E-state index contributed by atoms with van der Waals surface area (Å²) in [5, 5.41) is 9.13. The standard InChI is InChI=1S/C15H19NO3/c17-14(18)13-11(5-4-10-16-13)19-12-6-9-15(12)7-2-1-3-8-15/h4-5,10,12H,1-3,6-9H2,(H,17,18). The van der Waals surface area contributed by atoms with Crippen molar-refractivity contribution in [2.75, 3.05) is 0 Å². The highest BCUT2D eigenvalue weighted by Gasteiger charge is 2.48. The summed E-state index contributed by atoms with van der Waals surface area (Å²) in [6.45, 7) is 0. The molecule has 0 bridgehead atoms. The minimum absolute atomic E-state index is 0.0281. The van der Waals surface area contributed by atoms with Crippen molar-refractivity contribution in [2.45, 2.75) is 51.0 Å². The summed E-state index contributed by atoms with van der Waals surface area (Å²) in [6.07, 6.45) is 10.2. The molecular weight excluding hydrogens is 242 g/mol. The van der Waals surface area contributed by atoms with Gasteiger partial charge in [-0.05, 0) is 37.8 Å². The molecule has 1 spiro atoms. The first-order chi connectivity index (χ1) is 9.21. The Morgan fingerprint density at radius 1 is 1.32 bits per heavy atom. The molecule has 2 aliphatic rings. The Kier molecular flexibility index (Phi) is 3.17. The summed E-state index contributed by atoms with van der Waals surface area (Å²) in [7, 11) is 0. The van der Waals surface area contributed by atoms with Gasteiger partial charge in [-0.3, -0.25) is 0 Å². The van der Waals surface area contributed by atoms with Crippen LogP contribution in [0.15, 0.2) is 18.3 Å². The van der Waals surface area contributed by atoms with Crippen LogP contribution >= 0.6 is 0 Å². The fourth-order valence-corrected chi connectivity index (χ4v) is 3.48. The molecule has 0 aromatic carbocycles. The molecule has 102 valence electrons. The molecule has 2 saturated carbocycles. The van der Waals surface area contributed by atoms with Crippen molar-refractivity contribution < 1.29 is 14.6 Å². The van der Waals surface area contributed by atoms with Crippen LogP contribution in [0, 0.1) is 5.41 Å². The number of carboxylic acid groups (broad SMARTS) is 1. The first-order valence-electron chi connectivity index (χ1n) is 7.06. The van der Waals surface area contributed by atoms with Crippen molar-refractivity contribution in [2.24, 2.45) is 5.41 Å². The van der Waals surface area contributed by atoms with Gasteiger partial charge in [-0.15, -0.1) is 0 Å². The van der Waals surface area contributed by atoms with Gasteiger partial charge in [-0.1, -0.05) is 19.3 Å². The first-order valence-corrected chi connectivity index (χ1v) is 7.06. The van der Waals surface area contributed by atoms with Gasteiger partial charge in [0, 0.05) is 11.6 Å². The highest BCUT2D eigenvalue weighted by Crippen LogP contribution is 2.53. The lowest BCUT2D eigenvalue weighted by Crippen LogP contribution is -2.49. The van der Waals surface area contributed by atoms with E-state index in [4.69, 9.17) is 9.84 Å². The lowest BCUT2D eigenvalue weighted by molar-refractivity contribution is -0.0708. The molecule has 0 amide bonds. The molecule has 1 heterocycles. The number of nitrogens with zero attached hydrogens (tertiary/aromatic N) is 1. The van der Waals surface area contributed by atoms with Crippen molar-refractivity contribution in [3.8, 4) is 5.75 Å². The van der Waals surface area contributed by atoms with E-state index in [-0.39, 0.29) is 11.8 Å². The second-order valence-electron chi connectivity index (χ2n) is 5.72. The highest BCUT2D eigenvalue weighted by molar-refractivity contribution is 5.88. The highest BCUT2D eigenvalue weighted by atomic mass is 16.5. The van der Waals surface area contributed by atoms with E-state index in [1.54, 1.807) is 12.1 Å². The van der Waals surface area contributed by atoms with Crippen LogP contribution in [0.5, 0.6) is 5.75 Å². The second-order valence-corrected chi connectivity index (χ2v) is 5.72. The van der Waals surface area contributed by atoms with Crippen LogP contribution in [0.3, 0.4) is 0 Å². The Balaban J connectivity index is 1.77. The van der Waals surface area contributed by atoms with Crippen LogP contribution < -0.4 is 4.74 Å². The predicted molar refractivity (Wildman–Crippen MR) is 70.4 cm³/mol. The Bertz CT molecular complexity index is 480. The van der Waals surface area contributed by atoms with Gasteiger partial charge < -0.3 is 9.84 Å². The molecule has 0 aliphatic heterocycles. The van der Waals surface area contributed by atoms with Crippen LogP contribution in [-0.2, 0) is 0 Å². The molecular formula is C15H19NO3. The van der Waals surface area contributed by atoms with E-state index >= 15 is 0 Å². The fraction of sp³-hybridized carbons (Fsp3) is 0.600. The van der Waals surface area contributed by atoms with Crippen molar-refractivity contribution in [1.29, 1.82) is 0 Å². The summed E-state index contributed by atoms with van der Waals surface area (Å²) in [5.41, 5.74) is 0.338. The van der Waals surface area contributed by atoms with Gasteiger partial charge in [0.2, 0.25) is 0 Å². The molecule has 1 aromatic heterocycles. The van der Waals surface area contributed by atoms with E-state index in [0.29, 0.717) is 11.2 Å². The summed E-state index contributed by atoms with van der Waals surface area (Å²) in [6, 6.07) is 3.44. The lowest BCUT2D eigenvalue weighted by Gasteiger charge is -2.51. The number of hydrogen-bond donors (Lipinski definition) is 1. The zero-order valence-electron chi connectivity index (χ0n) is 11.0. The largest absolute Gasteiger partial charge is 0.487 e. The van der Waals surface area contributed by atoms with Gasteiger partial charge in [0.05, 0.1) is 0 Å². The van der Waals surface area contributed by atoms with E-state index in [1.165, 1.54) is 44.7 Å². The summed E-state index contributed by atoms with van der Waals surface area (Å²) in [5.74, 6) is -0.600. The molecule has 1 unspecified atom stereocenters. The van der Waals surface area contributed by atoms with Crippen LogP contribution in [-0.4, -0.2) is 22.2 Å². The van der Waals surface area contributed by atoms with Crippen LogP contribution in [0.4, 0.5) is 0 Å². The number of rotatable bonds is 3. The maximum Gasteiger partial charge on any atom is 0.358 e. The van der Waals surface area contributed by atoms with E-state index < -0.39 is 5.97 Å². The Morgan fingerprint density at radius 2 is 2.11 bits per heavy atom. The quantitative estimate of drug-likeness (QED) is 0.907. The number of carboxylic acids is 1. The van der Waals surface area contributed by atoms with Gasteiger partial charge in [-0.2, -0.15) is 0 Å². The van der Waals surface area contributed by atoms with Crippen LogP contribution in [0.1, 0.15) is 55.4 Å². The maximum absolute atomic E-state index is 11.1. The number of hydrogen-bond acceptors (Lipinski definition) is 3. The smallest absolute Gasteiger partial charge is 0.358 e. The summed E-state index contributed by atoms with van der Waals surface area (Å²) in [4.78, 5) is 15.0. The second kappa shape index (κ2) is 4.83. The monoisotopic (exact) mass is 261 g/mol. The summed E-state index contributed by atoms with van der Waals surface area (Å²) < 4.78 is 5.99. The van der Waals surface area contributed by atoms with E-state index in [9.17, 15) is 4.79 Å². The third-order valence-electron chi connectivity index (χ3n) is 4.68. The number of pyridine rings is 1. The van der Waals surface area contributed by atoms with Gasteiger partial charge >= 0.3 is 5.97 Å². The predicted octanol–water partition coefficient (Wildman–Crippen LogP) is 3.27. The fourth-order valence-electron chi connectivity index (χ4n) is 3.48. The van der Waals surface area contributed by atoms with Crippen molar-refractivity contribution >= 4 is 5.97 Å². The van der Waals surface area contributed by atoms with E-state index in [0.717, 1.165) is 6.42 Å². The van der Waals surface area contributed by atoms with Gasteiger partial charge in [0.1, 0.15) is 6.10 Å². The minimum Gasteiger partial charge on any atom is -0.487 e. The van der Waals surface area contributed by atoms with Gasteiger partial charge in [-0.25, -0.2) is 9.78 Å². The van der Waals surface area contributed by atoms with Gasteiger partial charge in [0.25, 0.3) is 0 Å². The SMILES string of the molecule is O=C(O)c1ncccc1OC1CCC12CCCCC2.